The molecule has 0 aliphatic heterocycles. The highest BCUT2D eigenvalue weighted by Gasteiger charge is 2.49. The Morgan fingerprint density at radius 3 is 1.41 bits per heavy atom. The van der Waals surface area contributed by atoms with Crippen molar-refractivity contribution in [2.24, 2.45) is 0 Å². The van der Waals surface area contributed by atoms with Crippen LogP contribution in [0.15, 0.2) is 0 Å². The van der Waals surface area contributed by atoms with Crippen LogP contribution in [-0.4, -0.2) is 61.0 Å². The van der Waals surface area contributed by atoms with Gasteiger partial charge in [0, 0.05) is 33.8 Å². The van der Waals surface area contributed by atoms with E-state index in [-0.39, 0.29) is 11.8 Å². The third kappa shape index (κ3) is 13.1. The maximum atomic E-state index is 14.1. The highest BCUT2D eigenvalue weighted by Crippen LogP contribution is 2.27. The van der Waals surface area contributed by atoms with Crippen LogP contribution in [0, 0.1) is 0 Å². The Hall–Kier alpha value is -1.10. The van der Waals surface area contributed by atoms with Crippen LogP contribution in [0.4, 0.5) is 0 Å². The van der Waals surface area contributed by atoms with Gasteiger partial charge in [0.2, 0.25) is 5.60 Å². The predicted molar refractivity (Wildman–Crippen MR) is 145 cm³/mol. The van der Waals surface area contributed by atoms with Gasteiger partial charge in [-0.2, -0.15) is 0 Å². The van der Waals surface area contributed by atoms with Gasteiger partial charge in [-0.15, -0.1) is 0 Å². The van der Waals surface area contributed by atoms with Crippen LogP contribution >= 0.6 is 0 Å². The van der Waals surface area contributed by atoms with Crippen molar-refractivity contribution in [2.75, 3.05) is 33.8 Å². The summed E-state index contributed by atoms with van der Waals surface area (Å²) in [6, 6.07) is 0. The minimum absolute atomic E-state index is 0.105. The monoisotopic (exact) mass is 482 g/mol. The lowest BCUT2D eigenvalue weighted by atomic mass is 9.91. The lowest BCUT2D eigenvalue weighted by Gasteiger charge is -2.37. The molecule has 0 N–H and O–H groups in total. The van der Waals surface area contributed by atoms with Crippen LogP contribution in [0.2, 0.25) is 0 Å². The molecule has 0 aromatic rings. The minimum atomic E-state index is -1.38. The maximum Gasteiger partial charge on any atom is 0.264 e. The van der Waals surface area contributed by atoms with Gasteiger partial charge in [-0.3, -0.25) is 9.59 Å². The van der Waals surface area contributed by atoms with Crippen molar-refractivity contribution in [3.8, 4) is 0 Å². The molecule has 0 heterocycles. The van der Waals surface area contributed by atoms with E-state index in [1.54, 1.807) is 19.0 Å². The molecule has 0 saturated carbocycles. The summed E-state index contributed by atoms with van der Waals surface area (Å²) in [5, 5.41) is 0. The molecule has 0 spiro atoms. The molecule has 0 fully saturated rings. The topological polar surface area (TPSA) is 49.9 Å². The molecule has 5 heteroatoms. The molecule has 0 aromatic heterocycles. The number of hydrogen-bond acceptors (Lipinski definition) is 3. The van der Waals surface area contributed by atoms with Gasteiger partial charge >= 0.3 is 0 Å². The number of rotatable bonds is 23. The highest BCUT2D eigenvalue weighted by atomic mass is 16.5. The average molecular weight is 483 g/mol. The van der Waals surface area contributed by atoms with Crippen molar-refractivity contribution in [1.29, 1.82) is 0 Å². The van der Waals surface area contributed by atoms with E-state index in [0.29, 0.717) is 13.0 Å². The van der Waals surface area contributed by atoms with E-state index in [4.69, 9.17) is 4.74 Å². The van der Waals surface area contributed by atoms with Gasteiger partial charge in [0.1, 0.15) is 0 Å². The Labute approximate surface area is 212 Å². The van der Waals surface area contributed by atoms with Crippen molar-refractivity contribution in [3.63, 3.8) is 0 Å². The molecule has 0 radical (unpaired) electrons. The second kappa shape index (κ2) is 21.2. The summed E-state index contributed by atoms with van der Waals surface area (Å²) in [5.74, 6) is -0.307. The molecule has 202 valence electrons. The van der Waals surface area contributed by atoms with E-state index in [1.807, 2.05) is 11.8 Å². The summed E-state index contributed by atoms with van der Waals surface area (Å²) in [7, 11) is 3.47. The van der Waals surface area contributed by atoms with Crippen molar-refractivity contribution >= 4 is 11.8 Å². The van der Waals surface area contributed by atoms with E-state index in [2.05, 4.69) is 20.8 Å². The molecule has 0 aliphatic rings. The van der Waals surface area contributed by atoms with Crippen LogP contribution in [0.5, 0.6) is 0 Å². The van der Waals surface area contributed by atoms with E-state index in [1.165, 1.54) is 51.4 Å². The van der Waals surface area contributed by atoms with E-state index in [0.717, 1.165) is 64.5 Å². The first kappa shape index (κ1) is 32.9. The number of carbonyl (C=O) groups excluding carboxylic acids is 2. The van der Waals surface area contributed by atoms with Gasteiger partial charge < -0.3 is 14.5 Å². The lowest BCUT2D eigenvalue weighted by Crippen LogP contribution is -2.59. The summed E-state index contributed by atoms with van der Waals surface area (Å²) in [5.41, 5.74) is -1.38. The summed E-state index contributed by atoms with van der Waals surface area (Å²) in [6.45, 7) is 10.3. The second-order valence-corrected chi connectivity index (χ2v) is 10.1. The molecule has 2 amide bonds. The van der Waals surface area contributed by atoms with Crippen LogP contribution in [0.3, 0.4) is 0 Å². The third-order valence-electron chi connectivity index (χ3n) is 6.72. The zero-order valence-corrected chi connectivity index (χ0v) is 23.8. The molecule has 0 rings (SSSR count). The predicted octanol–water partition coefficient (Wildman–Crippen LogP) is 7.37. The van der Waals surface area contributed by atoms with Gasteiger partial charge in [0.25, 0.3) is 11.8 Å². The third-order valence-corrected chi connectivity index (χ3v) is 6.72. The van der Waals surface area contributed by atoms with E-state index < -0.39 is 5.60 Å². The first-order chi connectivity index (χ1) is 16.4. The van der Waals surface area contributed by atoms with Gasteiger partial charge in [-0.05, 0) is 32.6 Å². The molecule has 0 aromatic carbocycles. The average Bonchev–Trinajstić information content (AvgIpc) is 2.83. The Bertz CT molecular complexity index is 494. The summed E-state index contributed by atoms with van der Waals surface area (Å²) in [4.78, 5) is 31.0. The Balaban J connectivity index is 5.47. The largest absolute Gasteiger partial charge is 0.356 e. The van der Waals surface area contributed by atoms with E-state index >= 15 is 0 Å². The zero-order valence-electron chi connectivity index (χ0n) is 23.8. The quantitative estimate of drug-likeness (QED) is 0.113. The number of ether oxygens (including phenoxy) is 1. The summed E-state index contributed by atoms with van der Waals surface area (Å²) < 4.78 is 6.11. The number of hydrogen-bond donors (Lipinski definition) is 0. The van der Waals surface area contributed by atoms with Gasteiger partial charge in [-0.1, -0.05) is 104 Å². The van der Waals surface area contributed by atoms with Crippen molar-refractivity contribution < 1.29 is 14.3 Å². The van der Waals surface area contributed by atoms with E-state index in [9.17, 15) is 9.59 Å². The number of nitrogens with zero attached hydrogens (tertiary/aromatic N) is 2. The molecule has 1 unspecified atom stereocenters. The molecule has 0 saturated heterocycles. The summed E-state index contributed by atoms with van der Waals surface area (Å²) in [6.07, 6.45) is 18.9. The molecule has 0 aliphatic carbocycles. The van der Waals surface area contributed by atoms with Crippen molar-refractivity contribution in [1.82, 2.24) is 9.80 Å². The SMILES string of the molecule is CCCCCCCCN(CCCCCCCC)C(=O)C(CCCCCC)(OCC)C(=O)N(C)C. The molecule has 5 nitrogen and oxygen atoms in total. The number of likely N-dealkylation sites (N-methyl/N-ethyl adjacent to an activating group) is 1. The number of unbranched alkanes of at least 4 members (excludes halogenated alkanes) is 13. The Kier molecular flexibility index (Phi) is 20.5. The molecule has 0 bridgehead atoms. The van der Waals surface area contributed by atoms with Crippen molar-refractivity contribution in [2.45, 2.75) is 142 Å². The first-order valence-electron chi connectivity index (χ1n) is 14.6. The lowest BCUT2D eigenvalue weighted by molar-refractivity contribution is -0.174. The van der Waals surface area contributed by atoms with Gasteiger partial charge in [0.15, 0.2) is 0 Å². The fraction of sp³-hybridized carbons (Fsp3) is 0.931. The maximum absolute atomic E-state index is 14.1. The minimum Gasteiger partial charge on any atom is -0.356 e. The Morgan fingerprint density at radius 1 is 0.588 bits per heavy atom. The highest BCUT2D eigenvalue weighted by molar-refractivity contribution is 6.08. The second-order valence-electron chi connectivity index (χ2n) is 10.1. The van der Waals surface area contributed by atoms with Crippen molar-refractivity contribution in [3.05, 3.63) is 0 Å². The fourth-order valence-corrected chi connectivity index (χ4v) is 4.65. The molecule has 34 heavy (non-hydrogen) atoms. The molecular weight excluding hydrogens is 424 g/mol. The van der Waals surface area contributed by atoms with Gasteiger partial charge in [-0.25, -0.2) is 0 Å². The fourth-order valence-electron chi connectivity index (χ4n) is 4.65. The standard InChI is InChI=1S/C29H58N2O3/c1-7-11-14-17-19-22-25-31(26-23-20-18-15-12-8-2)28(33)29(34-10-4,27(32)30(5)6)24-21-16-13-9-3/h7-26H2,1-6H3. The zero-order chi connectivity index (χ0) is 25.7. The van der Waals surface area contributed by atoms with Gasteiger partial charge in [0.05, 0.1) is 0 Å². The summed E-state index contributed by atoms with van der Waals surface area (Å²) >= 11 is 0. The van der Waals surface area contributed by atoms with Crippen LogP contribution in [0.1, 0.15) is 137 Å². The smallest absolute Gasteiger partial charge is 0.264 e. The first-order valence-corrected chi connectivity index (χ1v) is 14.6. The molecule has 1 atom stereocenters. The van der Waals surface area contributed by atoms with Crippen LogP contribution in [-0.2, 0) is 14.3 Å². The Morgan fingerprint density at radius 2 is 1.00 bits per heavy atom. The molecular formula is C29H58N2O3. The normalized spacial score (nSPS) is 13.0. The van der Waals surface area contributed by atoms with Crippen LogP contribution in [0.25, 0.3) is 0 Å². The van der Waals surface area contributed by atoms with Crippen LogP contribution < -0.4 is 0 Å². The number of carbonyl (C=O) groups is 2. The number of amides is 2.